The van der Waals surface area contributed by atoms with Gasteiger partial charge in [0.25, 0.3) is 11.8 Å². The van der Waals surface area contributed by atoms with Crippen molar-refractivity contribution < 1.29 is 23.8 Å². The van der Waals surface area contributed by atoms with E-state index in [1.165, 1.54) is 0 Å². The van der Waals surface area contributed by atoms with Crippen molar-refractivity contribution in [3.05, 3.63) is 58.1 Å². The van der Waals surface area contributed by atoms with E-state index in [4.69, 9.17) is 14.2 Å². The molecule has 0 spiro atoms. The van der Waals surface area contributed by atoms with Crippen molar-refractivity contribution in [3.8, 4) is 11.5 Å². The molecule has 2 aromatic rings. The van der Waals surface area contributed by atoms with Crippen molar-refractivity contribution in [1.29, 1.82) is 0 Å². The average molecular weight is 479 g/mol. The number of hydrazine groups is 1. The molecule has 0 radical (unpaired) electrons. The summed E-state index contributed by atoms with van der Waals surface area (Å²) in [6.45, 7) is 7.47. The van der Waals surface area contributed by atoms with Crippen LogP contribution in [-0.2, 0) is 9.53 Å². The summed E-state index contributed by atoms with van der Waals surface area (Å²) < 4.78 is 17.0. The van der Waals surface area contributed by atoms with E-state index in [9.17, 15) is 9.59 Å². The van der Waals surface area contributed by atoms with Crippen molar-refractivity contribution in [2.24, 2.45) is 0 Å². The highest BCUT2D eigenvalue weighted by atomic mass is 79.9. The van der Waals surface area contributed by atoms with Gasteiger partial charge in [0.2, 0.25) is 0 Å². The van der Waals surface area contributed by atoms with Crippen LogP contribution in [0.25, 0.3) is 0 Å². The minimum Gasteiger partial charge on any atom is -0.491 e. The van der Waals surface area contributed by atoms with Crippen LogP contribution < -0.4 is 20.3 Å². The standard InChI is InChI=1S/C22H27BrN2O5/c1-4-28-11-12-29-18-8-5-16(6-9-18)22(27)25-24-21(26)14-30-20-10-7-17(15(2)3)13-19(20)23/h5-10,13,15H,4,11-12,14H2,1-3H3,(H,24,26)(H,25,27). The lowest BCUT2D eigenvalue weighted by molar-refractivity contribution is -0.123. The lowest BCUT2D eigenvalue weighted by Crippen LogP contribution is -2.43. The van der Waals surface area contributed by atoms with Crippen LogP contribution in [0.2, 0.25) is 0 Å². The number of hydrogen-bond acceptors (Lipinski definition) is 5. The molecule has 0 unspecified atom stereocenters. The molecular weight excluding hydrogens is 452 g/mol. The summed E-state index contributed by atoms with van der Waals surface area (Å²) in [4.78, 5) is 24.1. The Morgan fingerprint density at radius 1 is 1.00 bits per heavy atom. The van der Waals surface area contributed by atoms with Crippen LogP contribution in [0.5, 0.6) is 11.5 Å². The Bertz CT molecular complexity index is 840. The summed E-state index contributed by atoms with van der Waals surface area (Å²) >= 11 is 3.44. The normalized spacial score (nSPS) is 10.6. The highest BCUT2D eigenvalue weighted by Crippen LogP contribution is 2.28. The predicted octanol–water partition coefficient (Wildman–Crippen LogP) is 3.83. The fourth-order valence-corrected chi connectivity index (χ4v) is 2.95. The van der Waals surface area contributed by atoms with E-state index in [1.807, 2.05) is 25.1 Å². The summed E-state index contributed by atoms with van der Waals surface area (Å²) in [7, 11) is 0. The number of carbonyl (C=O) groups is 2. The van der Waals surface area contributed by atoms with Gasteiger partial charge in [-0.15, -0.1) is 0 Å². The predicted molar refractivity (Wildman–Crippen MR) is 118 cm³/mol. The molecule has 0 saturated heterocycles. The molecule has 0 heterocycles. The fraction of sp³-hybridized carbons (Fsp3) is 0.364. The monoisotopic (exact) mass is 478 g/mol. The van der Waals surface area contributed by atoms with Gasteiger partial charge in [-0.05, 0) is 70.7 Å². The van der Waals surface area contributed by atoms with Crippen molar-refractivity contribution in [1.82, 2.24) is 10.9 Å². The molecule has 2 rings (SSSR count). The SMILES string of the molecule is CCOCCOc1ccc(C(=O)NNC(=O)COc2ccc(C(C)C)cc2Br)cc1. The first-order valence-corrected chi connectivity index (χ1v) is 10.5. The third-order valence-corrected chi connectivity index (χ3v) is 4.73. The Morgan fingerprint density at radius 2 is 1.73 bits per heavy atom. The van der Waals surface area contributed by atoms with Crippen LogP contribution in [0, 0.1) is 0 Å². The summed E-state index contributed by atoms with van der Waals surface area (Å²) in [5.74, 6) is 0.675. The molecule has 8 heteroatoms. The van der Waals surface area contributed by atoms with E-state index in [0.717, 1.165) is 10.0 Å². The maximum Gasteiger partial charge on any atom is 0.276 e. The number of hydrogen-bond donors (Lipinski definition) is 2. The lowest BCUT2D eigenvalue weighted by Gasteiger charge is -2.12. The van der Waals surface area contributed by atoms with Crippen molar-refractivity contribution in [2.75, 3.05) is 26.4 Å². The number of amides is 2. The van der Waals surface area contributed by atoms with Gasteiger partial charge in [0.15, 0.2) is 6.61 Å². The first-order chi connectivity index (χ1) is 14.4. The van der Waals surface area contributed by atoms with Gasteiger partial charge in [-0.1, -0.05) is 19.9 Å². The van der Waals surface area contributed by atoms with Crippen LogP contribution >= 0.6 is 15.9 Å². The molecule has 162 valence electrons. The first-order valence-electron chi connectivity index (χ1n) is 9.72. The second kappa shape index (κ2) is 12.2. The van der Waals surface area contributed by atoms with Gasteiger partial charge in [-0.2, -0.15) is 0 Å². The number of ether oxygens (including phenoxy) is 3. The molecular formula is C22H27BrN2O5. The van der Waals surface area contributed by atoms with Crippen LogP contribution in [0.4, 0.5) is 0 Å². The van der Waals surface area contributed by atoms with Crippen molar-refractivity contribution >= 4 is 27.7 Å². The van der Waals surface area contributed by atoms with Crippen LogP contribution in [0.3, 0.4) is 0 Å². The molecule has 2 N–H and O–H groups in total. The van der Waals surface area contributed by atoms with Crippen molar-refractivity contribution in [3.63, 3.8) is 0 Å². The number of rotatable bonds is 10. The smallest absolute Gasteiger partial charge is 0.276 e. The molecule has 0 atom stereocenters. The van der Waals surface area contributed by atoms with Gasteiger partial charge >= 0.3 is 0 Å². The molecule has 7 nitrogen and oxygen atoms in total. The Hall–Kier alpha value is -2.58. The molecule has 0 aliphatic heterocycles. The molecule has 0 aromatic heterocycles. The third kappa shape index (κ3) is 7.68. The van der Waals surface area contributed by atoms with Gasteiger partial charge in [-0.25, -0.2) is 0 Å². The summed E-state index contributed by atoms with van der Waals surface area (Å²) in [5, 5.41) is 0. The Kier molecular flexibility index (Phi) is 9.63. The third-order valence-electron chi connectivity index (χ3n) is 4.11. The molecule has 0 fully saturated rings. The van der Waals surface area contributed by atoms with Crippen LogP contribution in [0.1, 0.15) is 42.6 Å². The van der Waals surface area contributed by atoms with Gasteiger partial charge in [0, 0.05) is 12.2 Å². The fourth-order valence-electron chi connectivity index (χ4n) is 2.44. The summed E-state index contributed by atoms with van der Waals surface area (Å²) in [6, 6.07) is 12.3. The second-order valence-corrected chi connectivity index (χ2v) is 7.56. The quantitative estimate of drug-likeness (QED) is 0.400. The molecule has 0 aliphatic carbocycles. The molecule has 30 heavy (non-hydrogen) atoms. The zero-order valence-corrected chi connectivity index (χ0v) is 19.0. The maximum atomic E-state index is 12.2. The van der Waals surface area contributed by atoms with E-state index in [-0.39, 0.29) is 6.61 Å². The maximum absolute atomic E-state index is 12.2. The topological polar surface area (TPSA) is 85.9 Å². The number of benzene rings is 2. The van der Waals surface area contributed by atoms with Crippen LogP contribution in [0.15, 0.2) is 46.9 Å². The number of halogens is 1. The van der Waals surface area contributed by atoms with E-state index < -0.39 is 11.8 Å². The average Bonchev–Trinajstić information content (AvgIpc) is 2.74. The number of carbonyl (C=O) groups excluding carboxylic acids is 2. The Labute approximate surface area is 185 Å². The Morgan fingerprint density at radius 3 is 2.37 bits per heavy atom. The van der Waals surface area contributed by atoms with Gasteiger partial charge in [-0.3, -0.25) is 20.4 Å². The second-order valence-electron chi connectivity index (χ2n) is 6.71. The van der Waals surface area contributed by atoms with E-state index in [2.05, 4.69) is 40.6 Å². The largest absolute Gasteiger partial charge is 0.491 e. The highest BCUT2D eigenvalue weighted by molar-refractivity contribution is 9.10. The molecule has 2 aromatic carbocycles. The first kappa shape index (κ1) is 23.7. The molecule has 0 saturated carbocycles. The number of nitrogens with one attached hydrogen (secondary N) is 2. The molecule has 0 bridgehead atoms. The Balaban J connectivity index is 1.75. The van der Waals surface area contributed by atoms with Crippen LogP contribution in [-0.4, -0.2) is 38.2 Å². The van der Waals surface area contributed by atoms with Crippen molar-refractivity contribution in [2.45, 2.75) is 26.7 Å². The van der Waals surface area contributed by atoms with Gasteiger partial charge in [0.1, 0.15) is 18.1 Å². The zero-order valence-electron chi connectivity index (χ0n) is 17.4. The summed E-state index contributed by atoms with van der Waals surface area (Å²) in [6.07, 6.45) is 0. The van der Waals surface area contributed by atoms with Gasteiger partial charge < -0.3 is 14.2 Å². The molecule has 2 amide bonds. The van der Waals surface area contributed by atoms with E-state index >= 15 is 0 Å². The van der Waals surface area contributed by atoms with Gasteiger partial charge in [0.05, 0.1) is 11.1 Å². The van der Waals surface area contributed by atoms with E-state index in [1.54, 1.807) is 24.3 Å². The lowest BCUT2D eigenvalue weighted by atomic mass is 10.0. The minimum atomic E-state index is -0.473. The highest BCUT2D eigenvalue weighted by Gasteiger charge is 2.10. The summed E-state index contributed by atoms with van der Waals surface area (Å²) in [5.41, 5.74) is 6.25. The zero-order chi connectivity index (χ0) is 21.9. The minimum absolute atomic E-state index is 0.230. The molecule has 0 aliphatic rings. The van der Waals surface area contributed by atoms with E-state index in [0.29, 0.717) is 42.8 Å².